The third-order valence-corrected chi connectivity index (χ3v) is 8.93. The molecule has 0 bridgehead atoms. The van der Waals surface area contributed by atoms with Gasteiger partial charge in [0, 0.05) is 5.92 Å². The van der Waals surface area contributed by atoms with Crippen molar-refractivity contribution < 1.29 is 9.90 Å². The summed E-state index contributed by atoms with van der Waals surface area (Å²) >= 11 is 0. The van der Waals surface area contributed by atoms with Gasteiger partial charge < -0.3 is 5.11 Å². The summed E-state index contributed by atoms with van der Waals surface area (Å²) in [4.78, 5) is 12.4. The summed E-state index contributed by atoms with van der Waals surface area (Å²) in [6.07, 6.45) is 12.4. The minimum atomic E-state index is -0.418. The third kappa shape index (κ3) is 3.22. The molecule has 142 valence electrons. The maximum atomic E-state index is 12.4. The van der Waals surface area contributed by atoms with Gasteiger partial charge in [-0.15, -0.1) is 0 Å². The van der Waals surface area contributed by atoms with Crippen LogP contribution in [0.25, 0.3) is 0 Å². The molecule has 0 aromatic rings. The highest BCUT2D eigenvalue weighted by Gasteiger charge is 2.53. The van der Waals surface area contributed by atoms with Gasteiger partial charge in [-0.1, -0.05) is 19.8 Å². The molecule has 4 saturated carbocycles. The first-order chi connectivity index (χ1) is 11.9. The Kier molecular flexibility index (Phi) is 4.80. The number of hydrogen-bond acceptors (Lipinski definition) is 2. The molecule has 4 aliphatic rings. The van der Waals surface area contributed by atoms with Crippen LogP contribution in [-0.4, -0.2) is 16.5 Å². The zero-order chi connectivity index (χ0) is 17.8. The quantitative estimate of drug-likeness (QED) is 0.706. The van der Waals surface area contributed by atoms with Crippen molar-refractivity contribution in [3.63, 3.8) is 0 Å². The minimum absolute atomic E-state index is 0.341. The van der Waals surface area contributed by atoms with Gasteiger partial charge in [0.1, 0.15) is 5.78 Å². The fourth-order valence-electron chi connectivity index (χ4n) is 8.04. The van der Waals surface area contributed by atoms with E-state index in [4.69, 9.17) is 0 Å². The van der Waals surface area contributed by atoms with Crippen LogP contribution >= 0.6 is 0 Å². The van der Waals surface area contributed by atoms with E-state index in [1.165, 1.54) is 44.9 Å². The van der Waals surface area contributed by atoms with E-state index >= 15 is 0 Å². The second-order valence-electron chi connectivity index (χ2n) is 10.5. The zero-order valence-corrected chi connectivity index (χ0v) is 16.5. The maximum Gasteiger partial charge on any atom is 0.133 e. The molecule has 0 radical (unpaired) electrons. The highest BCUT2D eigenvalue weighted by Crippen LogP contribution is 2.59. The Morgan fingerprint density at radius 1 is 0.960 bits per heavy atom. The molecule has 0 aromatic carbocycles. The van der Waals surface area contributed by atoms with Crippen LogP contribution in [0.1, 0.15) is 85.0 Å². The van der Waals surface area contributed by atoms with Gasteiger partial charge in [-0.25, -0.2) is 0 Å². The lowest BCUT2D eigenvalue weighted by atomic mass is 9.49. The average Bonchev–Trinajstić information content (AvgIpc) is 2.77. The van der Waals surface area contributed by atoms with Gasteiger partial charge in [0.25, 0.3) is 0 Å². The van der Waals surface area contributed by atoms with Crippen LogP contribution in [0.5, 0.6) is 0 Å². The van der Waals surface area contributed by atoms with Crippen molar-refractivity contribution >= 4 is 5.78 Å². The molecule has 25 heavy (non-hydrogen) atoms. The number of Topliss-reactive ketones (excluding diaryl/α,β-unsaturated/α-hetero) is 1. The fourth-order valence-corrected chi connectivity index (χ4v) is 8.04. The monoisotopic (exact) mass is 346 g/mol. The van der Waals surface area contributed by atoms with Crippen LogP contribution in [0, 0.1) is 47.3 Å². The average molecular weight is 347 g/mol. The predicted molar refractivity (Wildman–Crippen MR) is 101 cm³/mol. The van der Waals surface area contributed by atoms with Crippen LogP contribution in [0.15, 0.2) is 0 Å². The van der Waals surface area contributed by atoms with Crippen molar-refractivity contribution in [3.8, 4) is 0 Å². The Morgan fingerprint density at radius 2 is 1.72 bits per heavy atom. The Balaban J connectivity index is 1.59. The van der Waals surface area contributed by atoms with E-state index in [0.717, 1.165) is 48.9 Å². The van der Waals surface area contributed by atoms with Crippen LogP contribution in [0.3, 0.4) is 0 Å². The van der Waals surface area contributed by atoms with Crippen LogP contribution in [-0.2, 0) is 4.79 Å². The van der Waals surface area contributed by atoms with Gasteiger partial charge in [-0.2, -0.15) is 0 Å². The molecule has 0 amide bonds. The summed E-state index contributed by atoms with van der Waals surface area (Å²) in [5.41, 5.74) is -0.418. The van der Waals surface area contributed by atoms with Gasteiger partial charge >= 0.3 is 0 Å². The first-order valence-electron chi connectivity index (χ1n) is 11.1. The van der Waals surface area contributed by atoms with E-state index in [1.54, 1.807) is 0 Å². The highest BCUT2D eigenvalue weighted by atomic mass is 16.3. The summed E-state index contributed by atoms with van der Waals surface area (Å²) in [6, 6.07) is 0. The molecule has 0 heterocycles. The van der Waals surface area contributed by atoms with Gasteiger partial charge in [0.05, 0.1) is 5.60 Å². The summed E-state index contributed by atoms with van der Waals surface area (Å²) in [5, 5.41) is 10.5. The number of ketones is 1. The van der Waals surface area contributed by atoms with Gasteiger partial charge in [-0.3, -0.25) is 4.79 Å². The van der Waals surface area contributed by atoms with Crippen molar-refractivity contribution in [2.24, 2.45) is 47.3 Å². The van der Waals surface area contributed by atoms with E-state index in [2.05, 4.69) is 13.8 Å². The Labute approximate surface area is 154 Å². The maximum absolute atomic E-state index is 12.4. The molecular formula is C23H38O2. The minimum Gasteiger partial charge on any atom is -0.390 e. The highest BCUT2D eigenvalue weighted by molar-refractivity contribution is 5.78. The van der Waals surface area contributed by atoms with E-state index < -0.39 is 5.60 Å². The van der Waals surface area contributed by atoms with Crippen LogP contribution in [0.4, 0.5) is 0 Å². The van der Waals surface area contributed by atoms with E-state index in [1.807, 2.05) is 6.92 Å². The third-order valence-electron chi connectivity index (χ3n) is 8.93. The number of rotatable bonds is 1. The Hall–Kier alpha value is -0.370. The molecular weight excluding hydrogens is 308 g/mol. The molecule has 0 saturated heterocycles. The van der Waals surface area contributed by atoms with Crippen LogP contribution < -0.4 is 0 Å². The first-order valence-corrected chi connectivity index (χ1v) is 11.1. The van der Waals surface area contributed by atoms with E-state index in [-0.39, 0.29) is 0 Å². The second kappa shape index (κ2) is 6.66. The summed E-state index contributed by atoms with van der Waals surface area (Å²) in [7, 11) is 0. The Bertz CT molecular complexity index is 510. The summed E-state index contributed by atoms with van der Waals surface area (Å²) in [5.74, 6) is 6.31. The lowest BCUT2D eigenvalue weighted by Gasteiger charge is -2.57. The second-order valence-corrected chi connectivity index (χ2v) is 10.5. The lowest BCUT2D eigenvalue weighted by Crippen LogP contribution is -2.51. The van der Waals surface area contributed by atoms with Crippen molar-refractivity contribution in [3.05, 3.63) is 0 Å². The fraction of sp³-hybridized carbons (Fsp3) is 0.957. The number of fused-ring (bicyclic) bond motifs is 5. The predicted octanol–water partition coefficient (Wildman–Crippen LogP) is 5.23. The molecule has 2 heteroatoms. The van der Waals surface area contributed by atoms with Crippen molar-refractivity contribution in [2.45, 2.75) is 90.6 Å². The normalized spacial score (nSPS) is 53.1. The molecule has 4 rings (SSSR count). The SMILES string of the molecule is CC(=O)[C@H]1CCCC[C@H]2[C@@H]3CC[C@@H]4C[C@](C)(O)CC[C@@H]4[C@H]3C[C@H](C)[C@@H]21. The summed E-state index contributed by atoms with van der Waals surface area (Å²) in [6.45, 7) is 6.36. The smallest absolute Gasteiger partial charge is 0.133 e. The van der Waals surface area contributed by atoms with Crippen molar-refractivity contribution in [1.29, 1.82) is 0 Å². The molecule has 0 aliphatic heterocycles. The molecule has 4 fully saturated rings. The van der Waals surface area contributed by atoms with Crippen molar-refractivity contribution in [2.75, 3.05) is 0 Å². The van der Waals surface area contributed by atoms with Crippen LogP contribution in [0.2, 0.25) is 0 Å². The van der Waals surface area contributed by atoms with Crippen molar-refractivity contribution in [1.82, 2.24) is 0 Å². The van der Waals surface area contributed by atoms with Gasteiger partial charge in [0.2, 0.25) is 0 Å². The number of carbonyl (C=O) groups is 1. The number of aliphatic hydroxyl groups is 1. The van der Waals surface area contributed by atoms with E-state index in [9.17, 15) is 9.90 Å². The topological polar surface area (TPSA) is 37.3 Å². The molecule has 2 nitrogen and oxygen atoms in total. The Morgan fingerprint density at radius 3 is 2.48 bits per heavy atom. The number of hydrogen-bond donors (Lipinski definition) is 1. The largest absolute Gasteiger partial charge is 0.390 e. The van der Waals surface area contributed by atoms with Gasteiger partial charge in [0.15, 0.2) is 0 Å². The molecule has 1 N–H and O–H groups in total. The van der Waals surface area contributed by atoms with E-state index in [0.29, 0.717) is 23.5 Å². The lowest BCUT2D eigenvalue weighted by molar-refractivity contribution is -0.131. The molecule has 9 atom stereocenters. The molecule has 0 unspecified atom stereocenters. The molecule has 4 aliphatic carbocycles. The summed E-state index contributed by atoms with van der Waals surface area (Å²) < 4.78 is 0. The standard InChI is InChI=1S/C23H38O2/c1-14-12-21-18-10-11-23(3,25)13-16(18)8-9-19(21)20-7-5-4-6-17(15(2)24)22(14)20/h14,16-22,25H,4-13H2,1-3H3/t14-,16+,17+,18-,19-,20-,21+,22+,23+/m0/s1. The zero-order valence-electron chi connectivity index (χ0n) is 16.5. The van der Waals surface area contributed by atoms with Gasteiger partial charge in [-0.05, 0) is 107 Å². The number of carbonyl (C=O) groups excluding carboxylic acids is 1. The molecule has 0 spiro atoms. The molecule has 0 aromatic heterocycles. The first kappa shape index (κ1) is 18.0.